The summed E-state index contributed by atoms with van der Waals surface area (Å²) >= 11 is 0. The molecule has 0 fully saturated rings. The van der Waals surface area contributed by atoms with Gasteiger partial charge in [-0.2, -0.15) is 0 Å². The lowest BCUT2D eigenvalue weighted by Crippen LogP contribution is -2.25. The third kappa shape index (κ3) is 2.90. The second kappa shape index (κ2) is 5.79. The van der Waals surface area contributed by atoms with E-state index in [2.05, 4.69) is 10.0 Å². The Morgan fingerprint density at radius 3 is 2.73 bits per heavy atom. The summed E-state index contributed by atoms with van der Waals surface area (Å²) in [5.74, 6) is -0.731. The minimum absolute atomic E-state index is 0.142. The molecule has 0 radical (unpaired) electrons. The highest BCUT2D eigenvalue weighted by Crippen LogP contribution is 2.20. The van der Waals surface area contributed by atoms with Gasteiger partial charge in [0.2, 0.25) is 10.0 Å². The molecule has 2 N–H and O–H groups in total. The summed E-state index contributed by atoms with van der Waals surface area (Å²) in [4.78, 5) is -0.280. The van der Waals surface area contributed by atoms with Crippen LogP contribution in [-0.2, 0) is 29.7 Å². The van der Waals surface area contributed by atoms with Crippen molar-refractivity contribution in [1.29, 1.82) is 0 Å². The van der Waals surface area contributed by atoms with Crippen LogP contribution in [0.25, 0.3) is 0 Å². The highest BCUT2D eigenvalue weighted by Gasteiger charge is 2.21. The fourth-order valence-electron chi connectivity index (χ4n) is 2.67. The van der Waals surface area contributed by atoms with Crippen LogP contribution in [0.2, 0.25) is 0 Å². The van der Waals surface area contributed by atoms with Crippen molar-refractivity contribution in [3.8, 4) is 0 Å². The lowest BCUT2D eigenvalue weighted by atomic mass is 10.1. The molecule has 3 rings (SSSR count). The fraction of sp³-hybridized carbons (Fsp3) is 0.250. The normalized spacial score (nSPS) is 14.1. The highest BCUT2D eigenvalue weighted by molar-refractivity contribution is 7.89. The van der Waals surface area contributed by atoms with Crippen LogP contribution in [0.1, 0.15) is 22.3 Å². The number of sulfonamides is 1. The Morgan fingerprint density at radius 1 is 1.18 bits per heavy atom. The summed E-state index contributed by atoms with van der Waals surface area (Å²) in [6.07, 6.45) is 0. The minimum atomic E-state index is -3.87. The minimum Gasteiger partial charge on any atom is -0.309 e. The molecule has 4 nitrogen and oxygen atoms in total. The quantitative estimate of drug-likeness (QED) is 0.908. The predicted octanol–water partition coefficient (Wildman–Crippen LogP) is 2.22. The number of aryl methyl sites for hydroxylation is 1. The van der Waals surface area contributed by atoms with Gasteiger partial charge in [-0.15, -0.1) is 0 Å². The lowest BCUT2D eigenvalue weighted by Gasteiger charge is -2.11. The van der Waals surface area contributed by atoms with E-state index in [0.29, 0.717) is 5.56 Å². The van der Waals surface area contributed by atoms with E-state index < -0.39 is 15.8 Å². The number of benzene rings is 2. The highest BCUT2D eigenvalue weighted by atomic mass is 32.2. The molecule has 0 bridgehead atoms. The zero-order valence-electron chi connectivity index (χ0n) is 12.2. The first-order valence-corrected chi connectivity index (χ1v) is 8.52. The maximum absolute atomic E-state index is 13.8. The van der Waals surface area contributed by atoms with Gasteiger partial charge in [-0.1, -0.05) is 30.3 Å². The maximum Gasteiger partial charge on any atom is 0.244 e. The number of hydrogen-bond acceptors (Lipinski definition) is 3. The van der Waals surface area contributed by atoms with Crippen molar-refractivity contribution in [3.63, 3.8) is 0 Å². The van der Waals surface area contributed by atoms with Crippen LogP contribution < -0.4 is 10.0 Å². The van der Waals surface area contributed by atoms with Crippen molar-refractivity contribution in [1.82, 2.24) is 10.0 Å². The van der Waals surface area contributed by atoms with Crippen molar-refractivity contribution in [2.45, 2.75) is 31.5 Å². The Balaban J connectivity index is 1.81. The second-order valence-corrected chi connectivity index (χ2v) is 7.12. The smallest absolute Gasteiger partial charge is 0.244 e. The molecule has 0 unspecified atom stereocenters. The molecule has 0 aromatic heterocycles. The zero-order chi connectivity index (χ0) is 15.7. The van der Waals surface area contributed by atoms with E-state index in [-0.39, 0.29) is 11.4 Å². The molecule has 116 valence electrons. The van der Waals surface area contributed by atoms with Crippen LogP contribution in [0, 0.1) is 12.7 Å². The summed E-state index contributed by atoms with van der Waals surface area (Å²) in [5.41, 5.74) is 3.67. The van der Waals surface area contributed by atoms with Crippen molar-refractivity contribution >= 4 is 10.0 Å². The van der Waals surface area contributed by atoms with Gasteiger partial charge in [-0.3, -0.25) is 0 Å². The molecule has 0 atom stereocenters. The number of nitrogens with one attached hydrogen (secondary N) is 2. The zero-order valence-corrected chi connectivity index (χ0v) is 13.0. The maximum atomic E-state index is 13.8. The van der Waals surface area contributed by atoms with Crippen LogP contribution in [-0.4, -0.2) is 8.42 Å². The molecule has 0 saturated carbocycles. The van der Waals surface area contributed by atoms with Gasteiger partial charge >= 0.3 is 0 Å². The van der Waals surface area contributed by atoms with Crippen LogP contribution in [0.15, 0.2) is 41.3 Å². The Bertz CT molecular complexity index is 799. The third-order valence-electron chi connectivity index (χ3n) is 3.80. The van der Waals surface area contributed by atoms with E-state index in [9.17, 15) is 12.8 Å². The first-order valence-electron chi connectivity index (χ1n) is 7.03. The molecule has 22 heavy (non-hydrogen) atoms. The predicted molar refractivity (Wildman–Crippen MR) is 82.1 cm³/mol. The average Bonchev–Trinajstić information content (AvgIpc) is 2.92. The van der Waals surface area contributed by atoms with E-state index in [0.717, 1.165) is 24.7 Å². The van der Waals surface area contributed by atoms with Crippen LogP contribution in [0.5, 0.6) is 0 Å². The van der Waals surface area contributed by atoms with E-state index in [1.165, 1.54) is 17.2 Å². The Labute approximate surface area is 129 Å². The Kier molecular flexibility index (Phi) is 3.99. The van der Waals surface area contributed by atoms with Crippen molar-refractivity contribution < 1.29 is 12.8 Å². The lowest BCUT2D eigenvalue weighted by molar-refractivity contribution is 0.554. The molecule has 2 aromatic rings. The van der Waals surface area contributed by atoms with E-state index >= 15 is 0 Å². The molecule has 2 aromatic carbocycles. The van der Waals surface area contributed by atoms with Crippen molar-refractivity contribution in [2.75, 3.05) is 0 Å². The molecule has 1 aliphatic heterocycles. The summed E-state index contributed by atoms with van der Waals surface area (Å²) < 4.78 is 40.9. The fourth-order valence-corrected chi connectivity index (χ4v) is 3.98. The van der Waals surface area contributed by atoms with Crippen LogP contribution in [0.4, 0.5) is 4.39 Å². The summed E-state index contributed by atoms with van der Waals surface area (Å²) in [5, 5.41) is 3.24. The number of fused-ring (bicyclic) bond motifs is 1. The molecular formula is C16H17FN2O2S. The first kappa shape index (κ1) is 15.1. The molecule has 0 aliphatic carbocycles. The van der Waals surface area contributed by atoms with Gasteiger partial charge in [0.05, 0.1) is 0 Å². The van der Waals surface area contributed by atoms with Gasteiger partial charge in [0.1, 0.15) is 10.7 Å². The second-order valence-electron chi connectivity index (χ2n) is 5.42. The van der Waals surface area contributed by atoms with E-state index in [1.807, 2.05) is 18.2 Å². The molecular weight excluding hydrogens is 303 g/mol. The van der Waals surface area contributed by atoms with Gasteiger partial charge in [0, 0.05) is 19.6 Å². The SMILES string of the molecule is Cc1cccc(F)c1S(=O)(=O)NCc1ccc2c(c1)CNC2. The Hall–Kier alpha value is -1.76. The molecule has 1 heterocycles. The van der Waals surface area contributed by atoms with Crippen LogP contribution >= 0.6 is 0 Å². The van der Waals surface area contributed by atoms with Gasteiger partial charge in [-0.25, -0.2) is 17.5 Å². The summed E-state index contributed by atoms with van der Waals surface area (Å²) in [7, 11) is -3.87. The monoisotopic (exact) mass is 320 g/mol. The Morgan fingerprint density at radius 2 is 1.95 bits per heavy atom. The summed E-state index contributed by atoms with van der Waals surface area (Å²) in [6, 6.07) is 10.1. The average molecular weight is 320 g/mol. The van der Waals surface area contributed by atoms with Crippen molar-refractivity contribution in [2.24, 2.45) is 0 Å². The van der Waals surface area contributed by atoms with E-state index in [4.69, 9.17) is 0 Å². The molecule has 1 aliphatic rings. The summed E-state index contributed by atoms with van der Waals surface area (Å²) in [6.45, 7) is 3.36. The number of rotatable bonds is 4. The topological polar surface area (TPSA) is 58.2 Å². The van der Waals surface area contributed by atoms with Crippen molar-refractivity contribution in [3.05, 3.63) is 64.5 Å². The number of halogens is 1. The van der Waals surface area contributed by atoms with Gasteiger partial charge in [-0.05, 0) is 35.2 Å². The molecule has 0 saturated heterocycles. The van der Waals surface area contributed by atoms with Gasteiger partial charge in [0.25, 0.3) is 0 Å². The standard InChI is InChI=1S/C16H17FN2O2S/c1-11-3-2-4-15(17)16(11)22(20,21)19-8-12-5-6-13-9-18-10-14(13)7-12/h2-7,18-19H,8-10H2,1H3. The first-order chi connectivity index (χ1) is 10.5. The molecule has 0 amide bonds. The molecule has 6 heteroatoms. The molecule has 0 spiro atoms. The van der Waals surface area contributed by atoms with Gasteiger partial charge < -0.3 is 5.32 Å². The van der Waals surface area contributed by atoms with Crippen LogP contribution in [0.3, 0.4) is 0 Å². The van der Waals surface area contributed by atoms with E-state index in [1.54, 1.807) is 13.0 Å². The van der Waals surface area contributed by atoms with Gasteiger partial charge in [0.15, 0.2) is 0 Å². The third-order valence-corrected chi connectivity index (χ3v) is 5.38. The number of hydrogen-bond donors (Lipinski definition) is 2. The largest absolute Gasteiger partial charge is 0.309 e.